The van der Waals surface area contributed by atoms with E-state index in [1.807, 2.05) is 0 Å². The number of unbranched alkanes of at least 4 members (excludes halogenated alkanes) is 7. The lowest BCUT2D eigenvalue weighted by Crippen LogP contribution is -2.66. The molecule has 4 rings (SSSR count). The van der Waals surface area contributed by atoms with Crippen molar-refractivity contribution in [2.75, 3.05) is 51.6 Å². The molecule has 0 unspecified atom stereocenters. The Morgan fingerprint density at radius 1 is 0.468 bits per heavy atom. The molecule has 4 aliphatic heterocycles. The highest BCUT2D eigenvalue weighted by molar-refractivity contribution is 7.99. The molecular formula is C38H68O23S. The number of esters is 1. The molecule has 0 radical (unpaired) electrons. The molecule has 24 heteroatoms. The first-order chi connectivity index (χ1) is 29.7. The standard InChI is InChI=1S/C38H68O23S/c1-53-22(42)10-8-6-4-2-3-5-7-9-12-62-13-11-54-35-31(51)27(47)33(19(15-40)57-35)61-38-32(52)28(48)34(20(16-41)58-38)60-37-30(50)26(46)24(44)21(59-37)17-55-36-29(49)25(45)23(43)18(14-39)56-36/h18-21,23-41,43-52H,2-17H2,1H3/t18-,19-,20-,21-,23-,24-,25+,26+,27-,28-,29-,30-,31-,32-,33-,34-,35-,36+,37-,38-/m1/s1. The van der Waals surface area contributed by atoms with Gasteiger partial charge < -0.3 is 109 Å². The van der Waals surface area contributed by atoms with E-state index in [0.29, 0.717) is 12.2 Å². The quantitative estimate of drug-likeness (QED) is 0.0300. The monoisotopic (exact) mass is 924 g/mol. The maximum Gasteiger partial charge on any atom is 0.305 e. The van der Waals surface area contributed by atoms with Crippen LogP contribution in [-0.4, -0.2) is 247 Å². The predicted octanol–water partition coefficient (Wildman–Crippen LogP) is -5.31. The number of rotatable bonds is 25. The van der Waals surface area contributed by atoms with Crippen molar-refractivity contribution in [1.82, 2.24) is 0 Å². The highest BCUT2D eigenvalue weighted by Gasteiger charge is 2.54. The van der Waals surface area contributed by atoms with Crippen LogP contribution in [0.4, 0.5) is 0 Å². The van der Waals surface area contributed by atoms with Gasteiger partial charge in [-0.05, 0) is 18.6 Å². The van der Waals surface area contributed by atoms with Crippen LogP contribution in [0.15, 0.2) is 0 Å². The second kappa shape index (κ2) is 27.0. The van der Waals surface area contributed by atoms with Gasteiger partial charge in [0.2, 0.25) is 0 Å². The van der Waals surface area contributed by atoms with E-state index in [4.69, 9.17) is 37.9 Å². The van der Waals surface area contributed by atoms with E-state index in [9.17, 15) is 71.2 Å². The molecule has 364 valence electrons. The first kappa shape index (κ1) is 53.6. The molecule has 62 heavy (non-hydrogen) atoms. The number of methoxy groups -OCH3 is 1. The third kappa shape index (κ3) is 14.5. The van der Waals surface area contributed by atoms with Gasteiger partial charge in [-0.25, -0.2) is 0 Å². The van der Waals surface area contributed by atoms with Gasteiger partial charge in [0.05, 0.1) is 40.1 Å². The lowest BCUT2D eigenvalue weighted by molar-refractivity contribution is -0.381. The molecule has 23 nitrogen and oxygen atoms in total. The zero-order valence-corrected chi connectivity index (χ0v) is 35.5. The third-order valence-electron chi connectivity index (χ3n) is 11.3. The van der Waals surface area contributed by atoms with Crippen LogP contribution in [0.5, 0.6) is 0 Å². The second-order valence-corrected chi connectivity index (χ2v) is 17.0. The van der Waals surface area contributed by atoms with Crippen LogP contribution < -0.4 is 0 Å². The summed E-state index contributed by atoms with van der Waals surface area (Å²) in [5.41, 5.74) is 0. The van der Waals surface area contributed by atoms with E-state index < -0.39 is 149 Å². The van der Waals surface area contributed by atoms with Crippen molar-refractivity contribution in [2.24, 2.45) is 0 Å². The minimum absolute atomic E-state index is 0.159. The first-order valence-electron chi connectivity index (χ1n) is 21.1. The van der Waals surface area contributed by atoms with Crippen molar-refractivity contribution in [1.29, 1.82) is 0 Å². The fourth-order valence-electron chi connectivity index (χ4n) is 7.52. The van der Waals surface area contributed by atoms with Crippen LogP contribution in [0.25, 0.3) is 0 Å². The average Bonchev–Trinajstić information content (AvgIpc) is 3.27. The number of carbonyl (C=O) groups excluding carboxylic acids is 1. The van der Waals surface area contributed by atoms with E-state index in [-0.39, 0.29) is 12.6 Å². The molecule has 4 fully saturated rings. The van der Waals surface area contributed by atoms with Gasteiger partial charge in [-0.1, -0.05) is 38.5 Å². The largest absolute Gasteiger partial charge is 0.469 e. The molecular weight excluding hydrogens is 856 g/mol. The lowest BCUT2D eigenvalue weighted by atomic mass is 9.96. The van der Waals surface area contributed by atoms with Crippen molar-refractivity contribution in [3.05, 3.63) is 0 Å². The molecule has 20 atom stereocenters. The Bertz CT molecular complexity index is 1260. The van der Waals surface area contributed by atoms with Crippen molar-refractivity contribution < 1.29 is 114 Å². The highest BCUT2D eigenvalue weighted by atomic mass is 32.2. The topological polar surface area (TPSA) is 363 Å². The predicted molar refractivity (Wildman–Crippen MR) is 209 cm³/mol. The van der Waals surface area contributed by atoms with Crippen LogP contribution in [0.3, 0.4) is 0 Å². The van der Waals surface area contributed by atoms with Crippen molar-refractivity contribution in [3.8, 4) is 0 Å². The van der Waals surface area contributed by atoms with Crippen LogP contribution in [0.2, 0.25) is 0 Å². The molecule has 4 saturated heterocycles. The zero-order chi connectivity index (χ0) is 45.5. The molecule has 13 N–H and O–H groups in total. The summed E-state index contributed by atoms with van der Waals surface area (Å²) in [5.74, 6) is 1.29. The van der Waals surface area contributed by atoms with Crippen LogP contribution >= 0.6 is 11.8 Å². The number of hydrogen-bond acceptors (Lipinski definition) is 24. The van der Waals surface area contributed by atoms with Crippen LogP contribution in [0.1, 0.15) is 57.8 Å². The molecule has 0 aromatic rings. The molecule has 4 heterocycles. The Hall–Kier alpha value is -1.02. The average molecular weight is 925 g/mol. The Kier molecular flexibility index (Phi) is 23.3. The molecule has 0 aromatic heterocycles. The zero-order valence-electron chi connectivity index (χ0n) is 34.7. The van der Waals surface area contributed by atoms with Crippen LogP contribution in [0, 0.1) is 0 Å². The summed E-state index contributed by atoms with van der Waals surface area (Å²) in [7, 11) is 1.39. The Morgan fingerprint density at radius 2 is 0.887 bits per heavy atom. The molecule has 4 aliphatic rings. The Balaban J connectivity index is 1.21. The Morgan fingerprint density at radius 3 is 1.44 bits per heavy atom. The number of aliphatic hydroxyl groups is 13. The third-order valence-corrected chi connectivity index (χ3v) is 12.4. The maximum absolute atomic E-state index is 11.2. The van der Waals surface area contributed by atoms with Crippen molar-refractivity contribution >= 4 is 17.7 Å². The summed E-state index contributed by atoms with van der Waals surface area (Å²) < 4.78 is 49.3. The van der Waals surface area contributed by atoms with E-state index in [1.165, 1.54) is 7.11 Å². The van der Waals surface area contributed by atoms with Gasteiger partial charge >= 0.3 is 5.97 Å². The van der Waals surface area contributed by atoms with Crippen molar-refractivity contribution in [2.45, 2.75) is 181 Å². The van der Waals surface area contributed by atoms with Crippen LogP contribution in [-0.2, 0) is 47.4 Å². The minimum atomic E-state index is -2.00. The van der Waals surface area contributed by atoms with Gasteiger partial charge in [-0.2, -0.15) is 11.8 Å². The fourth-order valence-corrected chi connectivity index (χ4v) is 8.35. The number of thioether (sulfide) groups is 1. The summed E-state index contributed by atoms with van der Waals surface area (Å²) in [6.45, 7) is -2.89. The van der Waals surface area contributed by atoms with E-state index in [1.54, 1.807) is 11.8 Å². The van der Waals surface area contributed by atoms with E-state index in [2.05, 4.69) is 4.74 Å². The van der Waals surface area contributed by atoms with Gasteiger partial charge in [-0.15, -0.1) is 0 Å². The summed E-state index contributed by atoms with van der Waals surface area (Å²) in [5, 5.41) is 136. The van der Waals surface area contributed by atoms with Gasteiger partial charge in [0.25, 0.3) is 0 Å². The second-order valence-electron chi connectivity index (χ2n) is 15.8. The highest BCUT2D eigenvalue weighted by Crippen LogP contribution is 2.33. The van der Waals surface area contributed by atoms with E-state index >= 15 is 0 Å². The Labute approximate surface area is 363 Å². The molecule has 0 bridgehead atoms. The molecule has 0 aliphatic carbocycles. The first-order valence-corrected chi connectivity index (χ1v) is 22.3. The lowest BCUT2D eigenvalue weighted by Gasteiger charge is -2.48. The fraction of sp³-hybridized carbons (Fsp3) is 0.974. The molecule has 0 aromatic carbocycles. The molecule has 0 amide bonds. The summed E-state index contributed by atoms with van der Waals surface area (Å²) >= 11 is 1.65. The summed E-state index contributed by atoms with van der Waals surface area (Å²) in [6, 6.07) is 0. The van der Waals surface area contributed by atoms with Gasteiger partial charge in [0, 0.05) is 12.2 Å². The summed E-state index contributed by atoms with van der Waals surface area (Å²) in [6.07, 6.45) is -25.2. The maximum atomic E-state index is 11.2. The van der Waals surface area contributed by atoms with Gasteiger partial charge in [-0.3, -0.25) is 4.79 Å². The minimum Gasteiger partial charge on any atom is -0.469 e. The van der Waals surface area contributed by atoms with Gasteiger partial charge in [0.15, 0.2) is 25.2 Å². The number of ether oxygens (including phenoxy) is 9. The summed E-state index contributed by atoms with van der Waals surface area (Å²) in [4.78, 5) is 11.2. The SMILES string of the molecule is COC(=O)CCCCCCCCCCSCCO[C@@H]1O[C@H](CO)[C@@H](O[C@H]2O[C@H](CO)[C@@H](O[C@H]3O[C@H](CO[C@H]4O[C@H](CO)[C@@H](O)[C@H](O)[C@H]4O)[C@@H](O)[C@H](O)[C@H]3O)[C@H](O)[C@H]2O)[C@H](O)[C@H]1O. The molecule has 0 spiro atoms. The number of carbonyl (C=O) groups is 1. The normalized spacial score (nSPS) is 41.6. The van der Waals surface area contributed by atoms with Crippen molar-refractivity contribution in [3.63, 3.8) is 0 Å². The van der Waals surface area contributed by atoms with E-state index in [0.717, 1.165) is 57.1 Å². The number of aliphatic hydroxyl groups excluding tert-OH is 13. The number of hydrogen-bond donors (Lipinski definition) is 13. The molecule has 0 saturated carbocycles. The smallest absolute Gasteiger partial charge is 0.305 e. The van der Waals surface area contributed by atoms with Gasteiger partial charge in [0.1, 0.15) is 97.7 Å².